The van der Waals surface area contributed by atoms with Crippen LogP contribution >= 0.6 is 11.6 Å². The molecule has 3 heterocycles. The van der Waals surface area contributed by atoms with E-state index in [4.69, 9.17) is 11.6 Å². The molecule has 0 atom stereocenters. The van der Waals surface area contributed by atoms with Gasteiger partial charge in [0.1, 0.15) is 11.3 Å². The minimum absolute atomic E-state index is 0.0506. The molecule has 5 aromatic rings. The predicted molar refractivity (Wildman–Crippen MR) is 103 cm³/mol. The second-order valence-electron chi connectivity index (χ2n) is 6.49. The summed E-state index contributed by atoms with van der Waals surface area (Å²) in [6.07, 6.45) is 3.42. The molecule has 2 aromatic carbocycles. The summed E-state index contributed by atoms with van der Waals surface area (Å²) in [5.41, 5.74) is 2.28. The normalized spacial score (nSPS) is 11.9. The average molecular weight is 382 g/mol. The maximum Gasteiger partial charge on any atom is 0.283 e. The predicted octanol–water partition coefficient (Wildman–Crippen LogP) is 3.56. The molecule has 0 bridgehead atoms. The number of hydrogen-bond donors (Lipinski definition) is 0. The van der Waals surface area contributed by atoms with Gasteiger partial charge in [-0.1, -0.05) is 23.7 Å². The van der Waals surface area contributed by atoms with Gasteiger partial charge in [-0.05, 0) is 18.2 Å². The number of aromatic nitrogens is 5. The maximum absolute atomic E-state index is 14.2. The first-order chi connectivity index (χ1) is 13.0. The van der Waals surface area contributed by atoms with Crippen molar-refractivity contribution in [2.45, 2.75) is 0 Å². The quantitative estimate of drug-likeness (QED) is 0.446. The fourth-order valence-electron chi connectivity index (χ4n) is 3.60. The third kappa shape index (κ3) is 2.15. The molecule has 0 saturated carbocycles. The second-order valence-corrected chi connectivity index (χ2v) is 6.90. The molecule has 0 fully saturated rings. The van der Waals surface area contributed by atoms with Crippen LogP contribution in [0.2, 0.25) is 5.02 Å². The lowest BCUT2D eigenvalue weighted by molar-refractivity contribution is 0.630. The Morgan fingerprint density at radius 2 is 1.96 bits per heavy atom. The summed E-state index contributed by atoms with van der Waals surface area (Å²) in [7, 11) is 3.59. The number of halogens is 2. The average Bonchev–Trinajstić information content (AvgIpc) is 3.20. The van der Waals surface area contributed by atoms with E-state index >= 15 is 0 Å². The topological polar surface area (TPSA) is 57.6 Å². The zero-order valence-electron chi connectivity index (χ0n) is 14.4. The summed E-state index contributed by atoms with van der Waals surface area (Å²) in [6.45, 7) is 0. The SMILES string of the molecule is Cn1cc2cccc(-n3c(=O)c4ncn(C)c4c4cc(F)c(Cl)cc43)c2n1. The molecule has 0 saturated heterocycles. The lowest BCUT2D eigenvalue weighted by Crippen LogP contribution is -2.20. The van der Waals surface area contributed by atoms with E-state index in [1.165, 1.54) is 16.7 Å². The maximum atomic E-state index is 14.2. The van der Waals surface area contributed by atoms with Crippen molar-refractivity contribution in [1.82, 2.24) is 23.9 Å². The van der Waals surface area contributed by atoms with Crippen LogP contribution < -0.4 is 5.56 Å². The summed E-state index contributed by atoms with van der Waals surface area (Å²) < 4.78 is 19.1. The summed E-state index contributed by atoms with van der Waals surface area (Å²) in [5.74, 6) is -0.548. The van der Waals surface area contributed by atoms with E-state index in [0.29, 0.717) is 27.6 Å². The number of rotatable bonds is 1. The zero-order valence-corrected chi connectivity index (χ0v) is 15.2. The number of benzene rings is 2. The summed E-state index contributed by atoms with van der Waals surface area (Å²) in [6, 6.07) is 8.40. The van der Waals surface area contributed by atoms with Crippen molar-refractivity contribution in [3.63, 3.8) is 0 Å². The van der Waals surface area contributed by atoms with E-state index in [1.54, 1.807) is 22.6 Å². The Balaban J connectivity index is 2.07. The highest BCUT2D eigenvalue weighted by molar-refractivity contribution is 6.31. The lowest BCUT2D eigenvalue weighted by Gasteiger charge is -2.13. The van der Waals surface area contributed by atoms with E-state index in [-0.39, 0.29) is 16.1 Å². The van der Waals surface area contributed by atoms with Crippen LogP contribution in [0, 0.1) is 5.82 Å². The number of fused-ring (bicyclic) bond motifs is 4. The van der Waals surface area contributed by atoms with E-state index < -0.39 is 5.82 Å². The Morgan fingerprint density at radius 1 is 1.15 bits per heavy atom. The van der Waals surface area contributed by atoms with Crippen molar-refractivity contribution in [2.24, 2.45) is 14.1 Å². The van der Waals surface area contributed by atoms with Crippen molar-refractivity contribution in [3.05, 3.63) is 64.0 Å². The Morgan fingerprint density at radius 3 is 2.78 bits per heavy atom. The second kappa shape index (κ2) is 5.40. The van der Waals surface area contributed by atoms with Crippen molar-refractivity contribution < 1.29 is 4.39 Å². The Labute approximate surface area is 157 Å². The Bertz CT molecular complexity index is 1450. The molecule has 8 heteroatoms. The van der Waals surface area contributed by atoms with Gasteiger partial charge < -0.3 is 4.57 Å². The molecule has 134 valence electrons. The molecule has 0 unspecified atom stereocenters. The highest BCUT2D eigenvalue weighted by atomic mass is 35.5. The van der Waals surface area contributed by atoms with Crippen molar-refractivity contribution in [1.29, 1.82) is 0 Å². The first-order valence-corrected chi connectivity index (χ1v) is 8.61. The fourth-order valence-corrected chi connectivity index (χ4v) is 3.76. The summed E-state index contributed by atoms with van der Waals surface area (Å²) in [5, 5.41) is 5.88. The van der Waals surface area contributed by atoms with Gasteiger partial charge in [-0.3, -0.25) is 14.0 Å². The summed E-state index contributed by atoms with van der Waals surface area (Å²) >= 11 is 6.05. The number of hydrogen-bond acceptors (Lipinski definition) is 3. The molecule has 0 radical (unpaired) electrons. The third-order valence-electron chi connectivity index (χ3n) is 4.75. The van der Waals surface area contributed by atoms with Crippen molar-refractivity contribution >= 4 is 44.4 Å². The molecule has 27 heavy (non-hydrogen) atoms. The molecule has 0 aliphatic carbocycles. The van der Waals surface area contributed by atoms with Crippen LogP contribution in [0.3, 0.4) is 0 Å². The van der Waals surface area contributed by atoms with Crippen LogP contribution in [-0.2, 0) is 14.1 Å². The Hall–Kier alpha value is -3.19. The van der Waals surface area contributed by atoms with Crippen LogP contribution in [0.4, 0.5) is 4.39 Å². The molecule has 5 rings (SSSR count). The van der Waals surface area contributed by atoms with E-state index in [9.17, 15) is 9.18 Å². The fraction of sp³-hybridized carbons (Fsp3) is 0.105. The monoisotopic (exact) mass is 381 g/mol. The van der Waals surface area contributed by atoms with Crippen LogP contribution in [0.5, 0.6) is 0 Å². The molecule has 0 N–H and O–H groups in total. The minimum atomic E-state index is -0.548. The molecule has 6 nitrogen and oxygen atoms in total. The first kappa shape index (κ1) is 16.0. The molecule has 0 aliphatic heterocycles. The van der Waals surface area contributed by atoms with Crippen molar-refractivity contribution in [3.8, 4) is 5.69 Å². The van der Waals surface area contributed by atoms with Crippen LogP contribution in [0.25, 0.3) is 38.5 Å². The van der Waals surface area contributed by atoms with Crippen molar-refractivity contribution in [2.75, 3.05) is 0 Å². The van der Waals surface area contributed by atoms with E-state index in [1.807, 2.05) is 31.4 Å². The van der Waals surface area contributed by atoms with E-state index in [0.717, 1.165) is 5.39 Å². The van der Waals surface area contributed by atoms with Crippen LogP contribution in [-0.4, -0.2) is 23.9 Å². The van der Waals surface area contributed by atoms with Gasteiger partial charge in [0.15, 0.2) is 5.52 Å². The summed E-state index contributed by atoms with van der Waals surface area (Å²) in [4.78, 5) is 17.6. The smallest absolute Gasteiger partial charge is 0.283 e. The van der Waals surface area contributed by atoms with Gasteiger partial charge in [0.05, 0.1) is 28.1 Å². The molecule has 0 aliphatic rings. The van der Waals surface area contributed by atoms with Crippen LogP contribution in [0.1, 0.15) is 0 Å². The number of pyridine rings is 1. The molecular formula is C19H13ClFN5O. The number of nitrogens with zero attached hydrogens (tertiary/aromatic N) is 5. The van der Waals surface area contributed by atoms with Gasteiger partial charge in [-0.25, -0.2) is 9.37 Å². The largest absolute Gasteiger partial charge is 0.333 e. The van der Waals surface area contributed by atoms with Crippen LogP contribution in [0.15, 0.2) is 47.7 Å². The van der Waals surface area contributed by atoms with Gasteiger partial charge in [0, 0.05) is 31.1 Å². The third-order valence-corrected chi connectivity index (χ3v) is 5.04. The molecule has 0 amide bonds. The van der Waals surface area contributed by atoms with Gasteiger partial charge in [0.25, 0.3) is 5.56 Å². The Kier molecular flexibility index (Phi) is 3.21. The lowest BCUT2D eigenvalue weighted by atomic mass is 10.1. The zero-order chi connectivity index (χ0) is 18.9. The first-order valence-electron chi connectivity index (χ1n) is 8.23. The standard InChI is InChI=1S/C19H13ClFN5O/c1-24-9-22-17-18(24)11-6-13(21)12(20)7-15(11)26(19(17)27)14-5-3-4-10-8-25(2)23-16(10)14/h3-9H,1-2H3. The highest BCUT2D eigenvalue weighted by Crippen LogP contribution is 2.30. The van der Waals surface area contributed by atoms with Gasteiger partial charge in [-0.15, -0.1) is 0 Å². The highest BCUT2D eigenvalue weighted by Gasteiger charge is 2.19. The number of imidazole rings is 1. The molecular weight excluding hydrogens is 369 g/mol. The van der Waals surface area contributed by atoms with Gasteiger partial charge in [0.2, 0.25) is 0 Å². The van der Waals surface area contributed by atoms with Gasteiger partial charge >= 0.3 is 0 Å². The molecule has 0 spiro atoms. The van der Waals surface area contributed by atoms with Gasteiger partial charge in [-0.2, -0.15) is 5.10 Å². The number of aryl methyl sites for hydroxylation is 2. The van der Waals surface area contributed by atoms with E-state index in [2.05, 4.69) is 10.1 Å². The minimum Gasteiger partial charge on any atom is -0.333 e. The molecule has 3 aromatic heterocycles.